The lowest BCUT2D eigenvalue weighted by atomic mass is 10.3. The second kappa shape index (κ2) is 6.97. The summed E-state index contributed by atoms with van der Waals surface area (Å²) in [4.78, 5) is 17.0. The molecule has 1 rings (SSSR count). The number of carbonyl (C=O) groups is 1. The molecule has 0 unspecified atom stereocenters. The third-order valence-electron chi connectivity index (χ3n) is 2.41. The summed E-state index contributed by atoms with van der Waals surface area (Å²) in [5, 5.41) is 3.40. The number of hydrogen-bond acceptors (Lipinski definition) is 5. The van der Waals surface area contributed by atoms with Crippen LogP contribution in [0.3, 0.4) is 0 Å². The molecule has 1 aromatic heterocycles. The van der Waals surface area contributed by atoms with Crippen molar-refractivity contribution in [1.29, 1.82) is 0 Å². The van der Waals surface area contributed by atoms with Crippen molar-refractivity contribution in [2.75, 3.05) is 24.1 Å². The molecule has 0 bridgehead atoms. The summed E-state index contributed by atoms with van der Waals surface area (Å²) < 4.78 is 37.6. The van der Waals surface area contributed by atoms with Crippen molar-refractivity contribution < 1.29 is 18.0 Å². The van der Waals surface area contributed by atoms with Crippen molar-refractivity contribution in [2.24, 2.45) is 0 Å². The number of rotatable bonds is 6. The number of anilines is 2. The van der Waals surface area contributed by atoms with Gasteiger partial charge in [-0.25, -0.2) is 4.98 Å². The maximum Gasteiger partial charge on any atom is 0.406 e. The van der Waals surface area contributed by atoms with Gasteiger partial charge < -0.3 is 16.0 Å². The number of nitrogens with two attached hydrogens (primary N) is 1. The van der Waals surface area contributed by atoms with Crippen LogP contribution < -0.4 is 11.1 Å². The third kappa shape index (κ3) is 5.41. The van der Waals surface area contributed by atoms with Crippen LogP contribution in [0.1, 0.15) is 36.9 Å². The minimum atomic E-state index is -4.44. The zero-order chi connectivity index (χ0) is 16.2. The minimum Gasteiger partial charge on any atom is -0.382 e. The molecule has 0 aliphatic carbocycles. The van der Waals surface area contributed by atoms with Crippen molar-refractivity contribution in [2.45, 2.75) is 39.4 Å². The lowest BCUT2D eigenvalue weighted by molar-refractivity contribution is -0.140. The number of thiazole rings is 1. The van der Waals surface area contributed by atoms with E-state index in [4.69, 9.17) is 5.73 Å². The SMILES string of the molecule is CCCN(CC(F)(F)F)C(=O)c1sc(NC(C)C)nc1N. The third-order valence-corrected chi connectivity index (χ3v) is 3.40. The van der Waals surface area contributed by atoms with E-state index in [1.807, 2.05) is 13.8 Å². The fraction of sp³-hybridized carbons (Fsp3) is 0.667. The van der Waals surface area contributed by atoms with Gasteiger partial charge in [-0.1, -0.05) is 18.3 Å². The van der Waals surface area contributed by atoms with Gasteiger partial charge in [-0.2, -0.15) is 13.2 Å². The van der Waals surface area contributed by atoms with Gasteiger partial charge in [0.15, 0.2) is 5.13 Å². The molecule has 0 fully saturated rings. The number of aromatic nitrogens is 1. The van der Waals surface area contributed by atoms with E-state index in [9.17, 15) is 18.0 Å². The number of carbonyl (C=O) groups excluding carboxylic acids is 1. The Hall–Kier alpha value is -1.51. The zero-order valence-corrected chi connectivity index (χ0v) is 12.9. The van der Waals surface area contributed by atoms with Crippen molar-refractivity contribution in [1.82, 2.24) is 9.88 Å². The van der Waals surface area contributed by atoms with E-state index in [0.29, 0.717) is 11.6 Å². The molecule has 21 heavy (non-hydrogen) atoms. The molecule has 3 N–H and O–H groups in total. The van der Waals surface area contributed by atoms with Crippen molar-refractivity contribution in [3.63, 3.8) is 0 Å². The fourth-order valence-electron chi connectivity index (χ4n) is 1.68. The molecule has 1 amide bonds. The van der Waals surface area contributed by atoms with Gasteiger partial charge in [0.2, 0.25) is 0 Å². The molecule has 0 radical (unpaired) electrons. The molecule has 5 nitrogen and oxygen atoms in total. The molecule has 0 aliphatic heterocycles. The van der Waals surface area contributed by atoms with E-state index in [2.05, 4.69) is 10.3 Å². The minimum absolute atomic E-state index is 0.0165. The Morgan fingerprint density at radius 2 is 2.10 bits per heavy atom. The van der Waals surface area contributed by atoms with E-state index in [1.54, 1.807) is 6.92 Å². The largest absolute Gasteiger partial charge is 0.406 e. The number of nitrogens with zero attached hydrogens (tertiary/aromatic N) is 2. The Kier molecular flexibility index (Phi) is 5.82. The number of hydrogen-bond donors (Lipinski definition) is 2. The summed E-state index contributed by atoms with van der Waals surface area (Å²) in [6.45, 7) is 4.20. The number of nitrogen functional groups attached to an aromatic ring is 1. The molecule has 120 valence electrons. The molecule has 0 saturated carbocycles. The average Bonchev–Trinajstić information content (AvgIpc) is 2.66. The van der Waals surface area contributed by atoms with Crippen LogP contribution in [0.5, 0.6) is 0 Å². The monoisotopic (exact) mass is 324 g/mol. The van der Waals surface area contributed by atoms with Crippen LogP contribution in [0.25, 0.3) is 0 Å². The molecule has 0 aromatic carbocycles. The smallest absolute Gasteiger partial charge is 0.382 e. The van der Waals surface area contributed by atoms with E-state index >= 15 is 0 Å². The van der Waals surface area contributed by atoms with Gasteiger partial charge in [0.05, 0.1) is 0 Å². The highest BCUT2D eigenvalue weighted by Gasteiger charge is 2.34. The molecule has 1 aromatic rings. The summed E-state index contributed by atoms with van der Waals surface area (Å²) in [7, 11) is 0. The highest BCUT2D eigenvalue weighted by atomic mass is 32.1. The maximum absolute atomic E-state index is 12.5. The van der Waals surface area contributed by atoms with Gasteiger partial charge in [0, 0.05) is 12.6 Å². The van der Waals surface area contributed by atoms with Crippen molar-refractivity contribution in [3.8, 4) is 0 Å². The molecule has 9 heteroatoms. The Morgan fingerprint density at radius 1 is 1.48 bits per heavy atom. The molecule has 0 saturated heterocycles. The second-order valence-electron chi connectivity index (χ2n) is 4.87. The van der Waals surface area contributed by atoms with Crippen molar-refractivity contribution in [3.05, 3.63) is 4.88 Å². The van der Waals surface area contributed by atoms with Gasteiger partial charge in [-0.15, -0.1) is 0 Å². The van der Waals surface area contributed by atoms with Crippen LogP contribution >= 0.6 is 11.3 Å². The van der Waals surface area contributed by atoms with Crippen LogP contribution in [0.2, 0.25) is 0 Å². The highest BCUT2D eigenvalue weighted by molar-refractivity contribution is 7.18. The van der Waals surface area contributed by atoms with Gasteiger partial charge in [0.25, 0.3) is 5.91 Å². The first-order chi connectivity index (χ1) is 9.64. The first-order valence-electron chi connectivity index (χ1n) is 6.53. The molecular weight excluding hydrogens is 305 g/mol. The summed E-state index contributed by atoms with van der Waals surface area (Å²) >= 11 is 0.970. The van der Waals surface area contributed by atoms with Crippen LogP contribution in [0.15, 0.2) is 0 Å². The summed E-state index contributed by atoms with van der Waals surface area (Å²) in [6, 6.07) is 0.0837. The number of alkyl halides is 3. The molecule has 1 heterocycles. The number of amides is 1. The summed E-state index contributed by atoms with van der Waals surface area (Å²) in [6.07, 6.45) is -4.01. The van der Waals surface area contributed by atoms with Crippen LogP contribution in [-0.4, -0.2) is 41.1 Å². The van der Waals surface area contributed by atoms with Gasteiger partial charge in [0.1, 0.15) is 17.2 Å². The van der Waals surface area contributed by atoms with E-state index in [1.165, 1.54) is 0 Å². The van der Waals surface area contributed by atoms with Crippen LogP contribution in [0, 0.1) is 0 Å². The van der Waals surface area contributed by atoms with Crippen molar-refractivity contribution >= 4 is 28.2 Å². The highest BCUT2D eigenvalue weighted by Crippen LogP contribution is 2.28. The standard InChI is InChI=1S/C12H19F3N4OS/c1-4-5-19(6-12(13,14)15)10(20)8-9(16)18-11(21-8)17-7(2)3/h7H,4-6,16H2,1-3H3,(H,17,18). The number of nitrogens with one attached hydrogen (secondary N) is 1. The quantitative estimate of drug-likeness (QED) is 0.844. The fourth-order valence-corrected chi connectivity index (χ4v) is 2.67. The molecule has 0 aliphatic rings. The first-order valence-corrected chi connectivity index (χ1v) is 7.34. The van der Waals surface area contributed by atoms with Gasteiger partial charge in [-0.3, -0.25) is 4.79 Å². The Morgan fingerprint density at radius 3 is 2.57 bits per heavy atom. The van der Waals surface area contributed by atoms with E-state index in [0.717, 1.165) is 16.2 Å². The first kappa shape index (κ1) is 17.5. The molecule has 0 spiro atoms. The lowest BCUT2D eigenvalue weighted by Gasteiger charge is -2.22. The van der Waals surface area contributed by atoms with E-state index in [-0.39, 0.29) is 23.3 Å². The zero-order valence-electron chi connectivity index (χ0n) is 12.1. The normalized spacial score (nSPS) is 11.8. The van der Waals surface area contributed by atoms with Gasteiger partial charge in [-0.05, 0) is 20.3 Å². The second-order valence-corrected chi connectivity index (χ2v) is 5.87. The van der Waals surface area contributed by atoms with Gasteiger partial charge >= 0.3 is 6.18 Å². The Balaban J connectivity index is 2.95. The summed E-state index contributed by atoms with van der Waals surface area (Å²) in [5.41, 5.74) is 5.65. The Labute approximate surface area is 125 Å². The van der Waals surface area contributed by atoms with E-state index < -0.39 is 18.6 Å². The molecular formula is C12H19F3N4OS. The predicted molar refractivity (Wildman–Crippen MR) is 77.5 cm³/mol. The molecule has 0 atom stereocenters. The lowest BCUT2D eigenvalue weighted by Crippen LogP contribution is -2.39. The number of halogens is 3. The van der Waals surface area contributed by atoms with Crippen LogP contribution in [0.4, 0.5) is 24.1 Å². The average molecular weight is 324 g/mol. The Bertz CT molecular complexity index is 487. The maximum atomic E-state index is 12.5. The predicted octanol–water partition coefficient (Wildman–Crippen LogP) is 2.96. The summed E-state index contributed by atoms with van der Waals surface area (Å²) in [5.74, 6) is -0.780. The van der Waals surface area contributed by atoms with Crippen LogP contribution in [-0.2, 0) is 0 Å². The topological polar surface area (TPSA) is 71.2 Å².